The molecule has 0 bridgehead atoms. The first kappa shape index (κ1) is 11.6. The van der Waals surface area contributed by atoms with Crippen molar-refractivity contribution in [1.82, 2.24) is 4.57 Å². The Bertz CT molecular complexity index is 361. The molecular formula is C13H19NO. The van der Waals surface area contributed by atoms with E-state index in [0.29, 0.717) is 0 Å². The summed E-state index contributed by atoms with van der Waals surface area (Å²) in [5.41, 5.74) is 1.08. The number of rotatable bonds is 5. The van der Waals surface area contributed by atoms with Crippen molar-refractivity contribution >= 4 is 6.08 Å². The second-order valence-corrected chi connectivity index (χ2v) is 4.09. The lowest BCUT2D eigenvalue weighted by molar-refractivity contribution is 0.338. The molecule has 0 radical (unpaired) electrons. The number of aromatic nitrogens is 1. The van der Waals surface area contributed by atoms with Gasteiger partial charge in [-0.05, 0) is 32.4 Å². The van der Waals surface area contributed by atoms with Crippen LogP contribution in [0.15, 0.2) is 31.7 Å². The first-order valence-corrected chi connectivity index (χ1v) is 5.18. The van der Waals surface area contributed by atoms with Crippen molar-refractivity contribution in [2.75, 3.05) is 0 Å². The van der Waals surface area contributed by atoms with E-state index in [1.165, 1.54) is 6.26 Å². The van der Waals surface area contributed by atoms with Gasteiger partial charge in [0.15, 0.2) is 5.75 Å². The normalized spacial score (nSPS) is 11.1. The number of hydrogen-bond donors (Lipinski definition) is 0. The van der Waals surface area contributed by atoms with Gasteiger partial charge in [0.05, 0.1) is 12.0 Å². The van der Waals surface area contributed by atoms with Gasteiger partial charge in [-0.3, -0.25) is 0 Å². The smallest absolute Gasteiger partial charge is 0.151 e. The molecule has 0 saturated carbocycles. The summed E-state index contributed by atoms with van der Waals surface area (Å²) in [4.78, 5) is 0. The minimum atomic E-state index is 0.0757. The predicted molar refractivity (Wildman–Crippen MR) is 65.0 cm³/mol. The van der Waals surface area contributed by atoms with Crippen molar-refractivity contribution in [2.45, 2.75) is 32.7 Å². The summed E-state index contributed by atoms with van der Waals surface area (Å²) in [5.74, 6) is 0.807. The van der Waals surface area contributed by atoms with Crippen LogP contribution >= 0.6 is 0 Å². The molecule has 0 aliphatic heterocycles. The summed E-state index contributed by atoms with van der Waals surface area (Å²) < 4.78 is 7.50. The fraction of sp³-hybridized carbons (Fsp3) is 0.385. The second-order valence-electron chi connectivity index (χ2n) is 4.09. The summed E-state index contributed by atoms with van der Waals surface area (Å²) in [6, 6.07) is 1.94. The Hall–Kier alpha value is -1.44. The van der Waals surface area contributed by atoms with Crippen LogP contribution in [-0.4, -0.2) is 4.57 Å². The Labute approximate surface area is 91.9 Å². The molecule has 82 valence electrons. The van der Waals surface area contributed by atoms with Crippen LogP contribution in [-0.2, 0) is 5.54 Å². The minimum absolute atomic E-state index is 0.0757. The van der Waals surface area contributed by atoms with Gasteiger partial charge < -0.3 is 9.30 Å². The van der Waals surface area contributed by atoms with E-state index in [9.17, 15) is 0 Å². The zero-order chi connectivity index (χ0) is 11.5. The third kappa shape index (κ3) is 2.14. The first-order chi connectivity index (χ1) is 7.06. The highest BCUT2D eigenvalue weighted by Gasteiger charge is 2.21. The van der Waals surface area contributed by atoms with Gasteiger partial charge in [-0.15, -0.1) is 0 Å². The molecule has 0 atom stereocenters. The molecule has 0 fully saturated rings. The van der Waals surface area contributed by atoms with E-state index < -0.39 is 0 Å². The minimum Gasteiger partial charge on any atom is -0.463 e. The van der Waals surface area contributed by atoms with Gasteiger partial charge in [0.1, 0.15) is 0 Å². The van der Waals surface area contributed by atoms with E-state index in [2.05, 4.69) is 38.5 Å². The highest BCUT2D eigenvalue weighted by Crippen LogP contribution is 2.29. The third-order valence-corrected chi connectivity index (χ3v) is 2.81. The molecule has 2 heteroatoms. The lowest BCUT2D eigenvalue weighted by Crippen LogP contribution is -2.25. The van der Waals surface area contributed by atoms with E-state index in [1.54, 1.807) is 0 Å². The molecule has 1 heterocycles. The molecule has 0 saturated heterocycles. The van der Waals surface area contributed by atoms with Crippen molar-refractivity contribution in [1.29, 1.82) is 0 Å². The Morgan fingerprint density at radius 2 is 2.13 bits per heavy atom. The molecule has 0 aliphatic rings. The van der Waals surface area contributed by atoms with Crippen molar-refractivity contribution in [3.63, 3.8) is 0 Å². The van der Waals surface area contributed by atoms with Crippen molar-refractivity contribution in [3.8, 4) is 5.75 Å². The van der Waals surface area contributed by atoms with E-state index in [1.807, 2.05) is 18.3 Å². The lowest BCUT2D eigenvalue weighted by Gasteiger charge is -2.27. The van der Waals surface area contributed by atoms with Crippen molar-refractivity contribution < 1.29 is 4.74 Å². The molecule has 1 aromatic rings. The van der Waals surface area contributed by atoms with Gasteiger partial charge in [-0.2, -0.15) is 0 Å². The summed E-state index contributed by atoms with van der Waals surface area (Å²) in [7, 11) is 0. The molecule has 1 rings (SSSR count). The topological polar surface area (TPSA) is 14.2 Å². The Morgan fingerprint density at radius 3 is 2.60 bits per heavy atom. The standard InChI is InChI=1S/C13H19NO/c1-6-11-12(15-8-3)9-10-14(11)13(4,5)7-2/h6,8-10H,1,3,7H2,2,4-5H3. The predicted octanol–water partition coefficient (Wildman–Crippen LogP) is 3.80. The summed E-state index contributed by atoms with van der Waals surface area (Å²) in [6.45, 7) is 13.9. The number of hydrogen-bond acceptors (Lipinski definition) is 1. The maximum atomic E-state index is 5.32. The van der Waals surface area contributed by atoms with Crippen LogP contribution in [0.4, 0.5) is 0 Å². The Balaban J connectivity index is 3.20. The fourth-order valence-corrected chi connectivity index (χ4v) is 1.51. The average molecular weight is 205 g/mol. The SMILES string of the molecule is C=COc1ccn(C(C)(C)CC)c1C=C. The molecule has 1 aromatic heterocycles. The van der Waals surface area contributed by atoms with Crippen LogP contribution in [0.1, 0.15) is 32.9 Å². The van der Waals surface area contributed by atoms with Crippen LogP contribution < -0.4 is 4.74 Å². The molecule has 0 aromatic carbocycles. The zero-order valence-corrected chi connectivity index (χ0v) is 9.79. The van der Waals surface area contributed by atoms with Gasteiger partial charge in [0.25, 0.3) is 0 Å². The second kappa shape index (κ2) is 4.39. The van der Waals surface area contributed by atoms with E-state index in [0.717, 1.165) is 17.9 Å². The fourth-order valence-electron chi connectivity index (χ4n) is 1.51. The molecule has 0 N–H and O–H groups in total. The molecule has 0 unspecified atom stereocenters. The van der Waals surface area contributed by atoms with Gasteiger partial charge >= 0.3 is 0 Å². The molecule has 0 aliphatic carbocycles. The van der Waals surface area contributed by atoms with Gasteiger partial charge in [0, 0.05) is 11.7 Å². The van der Waals surface area contributed by atoms with Gasteiger partial charge in [0.2, 0.25) is 0 Å². The maximum Gasteiger partial charge on any atom is 0.151 e. The van der Waals surface area contributed by atoms with E-state index >= 15 is 0 Å². The molecule has 0 amide bonds. The van der Waals surface area contributed by atoms with Crippen molar-refractivity contribution in [3.05, 3.63) is 37.4 Å². The van der Waals surface area contributed by atoms with Crippen LogP contribution in [0.25, 0.3) is 6.08 Å². The van der Waals surface area contributed by atoms with Gasteiger partial charge in [-0.1, -0.05) is 20.1 Å². The molecule has 0 spiro atoms. The highest BCUT2D eigenvalue weighted by molar-refractivity contribution is 5.53. The quantitative estimate of drug-likeness (QED) is 0.667. The monoisotopic (exact) mass is 205 g/mol. The van der Waals surface area contributed by atoms with Crippen molar-refractivity contribution in [2.24, 2.45) is 0 Å². The van der Waals surface area contributed by atoms with Gasteiger partial charge in [-0.25, -0.2) is 0 Å². The summed E-state index contributed by atoms with van der Waals surface area (Å²) >= 11 is 0. The van der Waals surface area contributed by atoms with Crippen LogP contribution in [0.2, 0.25) is 0 Å². The number of nitrogens with zero attached hydrogens (tertiary/aromatic N) is 1. The highest BCUT2D eigenvalue weighted by atomic mass is 16.5. The Morgan fingerprint density at radius 1 is 1.47 bits per heavy atom. The van der Waals surface area contributed by atoms with E-state index in [-0.39, 0.29) is 5.54 Å². The Kier molecular flexibility index (Phi) is 3.40. The number of ether oxygens (including phenoxy) is 1. The molecular weight excluding hydrogens is 186 g/mol. The molecule has 2 nitrogen and oxygen atoms in total. The molecule has 15 heavy (non-hydrogen) atoms. The lowest BCUT2D eigenvalue weighted by atomic mass is 10.0. The van der Waals surface area contributed by atoms with Crippen LogP contribution in [0, 0.1) is 0 Å². The first-order valence-electron chi connectivity index (χ1n) is 5.18. The average Bonchev–Trinajstić information content (AvgIpc) is 2.62. The van der Waals surface area contributed by atoms with Crippen LogP contribution in [0.3, 0.4) is 0 Å². The largest absolute Gasteiger partial charge is 0.463 e. The maximum absolute atomic E-state index is 5.32. The summed E-state index contributed by atoms with van der Waals surface area (Å²) in [5, 5.41) is 0. The third-order valence-electron chi connectivity index (χ3n) is 2.81. The summed E-state index contributed by atoms with van der Waals surface area (Å²) in [6.07, 6.45) is 6.33. The zero-order valence-electron chi connectivity index (χ0n) is 9.79. The van der Waals surface area contributed by atoms with E-state index in [4.69, 9.17) is 4.74 Å². The van der Waals surface area contributed by atoms with Crippen LogP contribution in [0.5, 0.6) is 5.75 Å².